The van der Waals surface area contributed by atoms with Crippen molar-refractivity contribution in [3.05, 3.63) is 59.8 Å². The lowest BCUT2D eigenvalue weighted by atomic mass is 9.88. The normalized spacial score (nSPS) is 17.3. The number of hydrogen-bond donors (Lipinski definition) is 0. The molecule has 37 heavy (non-hydrogen) atoms. The molecule has 0 unspecified atom stereocenters. The number of carbonyl (C=O) groups excluding carboxylic acids is 2. The lowest BCUT2D eigenvalue weighted by Crippen LogP contribution is -2.48. The van der Waals surface area contributed by atoms with Crippen LogP contribution in [0.25, 0.3) is 10.9 Å². The van der Waals surface area contributed by atoms with Gasteiger partial charge in [-0.3, -0.25) is 9.59 Å². The number of para-hydroxylation sites is 1. The highest BCUT2D eigenvalue weighted by molar-refractivity contribution is 6.07. The van der Waals surface area contributed by atoms with Crippen LogP contribution in [0.15, 0.2) is 48.7 Å². The molecule has 0 saturated carbocycles. The predicted molar refractivity (Wildman–Crippen MR) is 143 cm³/mol. The maximum atomic E-state index is 13.7. The van der Waals surface area contributed by atoms with E-state index < -0.39 is 0 Å². The summed E-state index contributed by atoms with van der Waals surface area (Å²) in [7, 11) is 5.44. The molecule has 1 aromatic heterocycles. The van der Waals surface area contributed by atoms with E-state index >= 15 is 0 Å². The summed E-state index contributed by atoms with van der Waals surface area (Å²) in [4.78, 5) is 32.8. The summed E-state index contributed by atoms with van der Waals surface area (Å²) in [5.41, 5.74) is 2.66. The molecule has 0 atom stereocenters. The second kappa shape index (κ2) is 10.8. The third-order valence-corrected chi connectivity index (χ3v) is 7.84. The van der Waals surface area contributed by atoms with Crippen LogP contribution in [0.3, 0.4) is 0 Å². The number of nitrogens with zero attached hydrogens (tertiary/aromatic N) is 4. The van der Waals surface area contributed by atoms with Crippen molar-refractivity contribution in [2.45, 2.75) is 25.3 Å². The molecule has 2 saturated heterocycles. The first-order valence-electron chi connectivity index (χ1n) is 13.0. The Kier molecular flexibility index (Phi) is 7.37. The third kappa shape index (κ3) is 5.03. The van der Waals surface area contributed by atoms with E-state index in [1.165, 1.54) is 0 Å². The zero-order chi connectivity index (χ0) is 25.9. The fourth-order valence-corrected chi connectivity index (χ4v) is 5.67. The highest BCUT2D eigenvalue weighted by Crippen LogP contribution is 2.40. The Morgan fingerprint density at radius 2 is 1.49 bits per heavy atom. The van der Waals surface area contributed by atoms with Gasteiger partial charge >= 0.3 is 0 Å². The number of benzene rings is 2. The molecule has 2 aliphatic rings. The number of hydrogen-bond acceptors (Lipinski definition) is 5. The molecule has 8 heteroatoms. The minimum Gasteiger partial charge on any atom is -0.496 e. The van der Waals surface area contributed by atoms with Crippen LogP contribution in [0.1, 0.15) is 34.7 Å². The molecule has 2 aromatic carbocycles. The number of likely N-dealkylation sites (tertiary alicyclic amines) is 1. The summed E-state index contributed by atoms with van der Waals surface area (Å²) in [6.07, 6.45) is 3.54. The van der Waals surface area contributed by atoms with Crippen LogP contribution in [-0.2, 0) is 11.3 Å². The first-order chi connectivity index (χ1) is 18.0. The van der Waals surface area contributed by atoms with E-state index in [1.54, 1.807) is 14.2 Å². The van der Waals surface area contributed by atoms with Crippen molar-refractivity contribution in [3.8, 4) is 11.5 Å². The zero-order valence-electron chi connectivity index (χ0n) is 22.0. The molecule has 8 nitrogen and oxygen atoms in total. The number of aromatic nitrogens is 1. The largest absolute Gasteiger partial charge is 0.496 e. The van der Waals surface area contributed by atoms with Gasteiger partial charge in [-0.25, -0.2) is 0 Å². The van der Waals surface area contributed by atoms with Crippen LogP contribution in [0, 0.1) is 0 Å². The van der Waals surface area contributed by atoms with Gasteiger partial charge in [0.15, 0.2) is 0 Å². The SMILES string of the molecule is COc1cccc(OC)c1C1CCN(C(=O)c2cn(CC(=O)N3CCN(C)CC3)c3ccccc23)CC1. The predicted octanol–water partition coefficient (Wildman–Crippen LogP) is 3.45. The second-order valence-electron chi connectivity index (χ2n) is 10.0. The molecule has 0 aliphatic carbocycles. The molecule has 0 radical (unpaired) electrons. The van der Waals surface area contributed by atoms with E-state index in [0.717, 1.165) is 67.0 Å². The maximum Gasteiger partial charge on any atom is 0.256 e. The molecule has 0 N–H and O–H groups in total. The van der Waals surface area contributed by atoms with Crippen molar-refractivity contribution in [1.29, 1.82) is 0 Å². The molecule has 5 rings (SSSR count). The number of fused-ring (bicyclic) bond motifs is 1. The first kappa shape index (κ1) is 25.1. The van der Waals surface area contributed by atoms with Crippen LogP contribution >= 0.6 is 0 Å². The highest BCUT2D eigenvalue weighted by Gasteiger charge is 2.30. The smallest absolute Gasteiger partial charge is 0.256 e. The quantitative estimate of drug-likeness (QED) is 0.515. The van der Waals surface area contributed by atoms with Gasteiger partial charge in [0.05, 0.1) is 19.8 Å². The molecular weight excluding hydrogens is 468 g/mol. The topological polar surface area (TPSA) is 67.2 Å². The number of ether oxygens (including phenoxy) is 2. The van der Waals surface area contributed by atoms with Crippen LogP contribution in [-0.4, -0.2) is 91.6 Å². The molecule has 2 fully saturated rings. The Labute approximate surface area is 218 Å². The Hall–Kier alpha value is -3.52. The van der Waals surface area contributed by atoms with Gasteiger partial charge < -0.3 is 28.7 Å². The van der Waals surface area contributed by atoms with Crippen LogP contribution < -0.4 is 9.47 Å². The van der Waals surface area contributed by atoms with Crippen molar-refractivity contribution in [1.82, 2.24) is 19.3 Å². The molecule has 2 amide bonds. The highest BCUT2D eigenvalue weighted by atomic mass is 16.5. The van der Waals surface area contributed by atoms with E-state index in [-0.39, 0.29) is 24.3 Å². The van der Waals surface area contributed by atoms with E-state index in [2.05, 4.69) is 11.9 Å². The summed E-state index contributed by atoms with van der Waals surface area (Å²) < 4.78 is 13.2. The number of rotatable bonds is 6. The number of carbonyl (C=O) groups is 2. The van der Waals surface area contributed by atoms with Crippen molar-refractivity contribution in [3.63, 3.8) is 0 Å². The average molecular weight is 505 g/mol. The average Bonchev–Trinajstić information content (AvgIpc) is 3.30. The van der Waals surface area contributed by atoms with Crippen molar-refractivity contribution < 1.29 is 19.1 Å². The molecule has 3 heterocycles. The molecule has 196 valence electrons. The Balaban J connectivity index is 1.32. The Bertz CT molecular complexity index is 1250. The maximum absolute atomic E-state index is 13.7. The molecule has 2 aliphatic heterocycles. The van der Waals surface area contributed by atoms with Crippen molar-refractivity contribution in [2.75, 3.05) is 60.5 Å². The van der Waals surface area contributed by atoms with Crippen LogP contribution in [0.5, 0.6) is 11.5 Å². The van der Waals surface area contributed by atoms with E-state index in [0.29, 0.717) is 18.7 Å². The van der Waals surface area contributed by atoms with Gasteiger partial charge in [-0.1, -0.05) is 24.3 Å². The first-order valence-corrected chi connectivity index (χ1v) is 13.0. The van der Waals surface area contributed by atoms with Gasteiger partial charge in [-0.2, -0.15) is 0 Å². The number of amides is 2. The van der Waals surface area contributed by atoms with E-state index in [1.807, 2.05) is 63.0 Å². The number of piperidine rings is 1. The lowest BCUT2D eigenvalue weighted by molar-refractivity contribution is -0.133. The van der Waals surface area contributed by atoms with Gasteiger partial charge in [0.25, 0.3) is 5.91 Å². The van der Waals surface area contributed by atoms with Crippen LogP contribution in [0.2, 0.25) is 0 Å². The minimum atomic E-state index is 0.0208. The van der Waals surface area contributed by atoms with Crippen LogP contribution in [0.4, 0.5) is 0 Å². The fraction of sp³-hybridized carbons (Fsp3) is 0.448. The summed E-state index contributed by atoms with van der Waals surface area (Å²) in [5, 5.41) is 0.896. The van der Waals surface area contributed by atoms with E-state index in [9.17, 15) is 9.59 Å². The second-order valence-corrected chi connectivity index (χ2v) is 10.0. The number of piperazine rings is 1. The van der Waals surface area contributed by atoms with Crippen molar-refractivity contribution in [2.24, 2.45) is 0 Å². The number of likely N-dealkylation sites (N-methyl/N-ethyl adjacent to an activating group) is 1. The Morgan fingerprint density at radius 3 is 2.14 bits per heavy atom. The fourth-order valence-electron chi connectivity index (χ4n) is 5.67. The van der Waals surface area contributed by atoms with Gasteiger partial charge in [-0.15, -0.1) is 0 Å². The standard InChI is InChI=1S/C29H36N4O4/c1-30-15-17-31(18-16-30)27(34)20-33-19-23(22-7-4-5-8-24(22)33)29(35)32-13-11-21(12-14-32)28-25(36-2)9-6-10-26(28)37-3/h4-10,19,21H,11-18,20H2,1-3H3. The summed E-state index contributed by atoms with van der Waals surface area (Å²) in [6, 6.07) is 13.7. The Morgan fingerprint density at radius 1 is 0.838 bits per heavy atom. The summed E-state index contributed by atoms with van der Waals surface area (Å²) in [5.74, 6) is 2.04. The monoisotopic (exact) mass is 504 g/mol. The molecular formula is C29H36N4O4. The minimum absolute atomic E-state index is 0.0208. The summed E-state index contributed by atoms with van der Waals surface area (Å²) in [6.45, 7) is 4.82. The van der Waals surface area contributed by atoms with Crippen molar-refractivity contribution >= 4 is 22.7 Å². The van der Waals surface area contributed by atoms with Gasteiger partial charge in [-0.05, 0) is 44.0 Å². The zero-order valence-corrected chi connectivity index (χ0v) is 22.0. The van der Waals surface area contributed by atoms with Gasteiger partial charge in [0.1, 0.15) is 18.0 Å². The lowest BCUT2D eigenvalue weighted by Gasteiger charge is -2.33. The molecule has 0 bridgehead atoms. The molecule has 0 spiro atoms. The van der Waals surface area contributed by atoms with Gasteiger partial charge in [0, 0.05) is 61.9 Å². The van der Waals surface area contributed by atoms with Gasteiger partial charge in [0.2, 0.25) is 5.91 Å². The molecule has 3 aromatic rings. The third-order valence-electron chi connectivity index (χ3n) is 7.84. The number of methoxy groups -OCH3 is 2. The van der Waals surface area contributed by atoms with E-state index in [4.69, 9.17) is 9.47 Å². The summed E-state index contributed by atoms with van der Waals surface area (Å²) >= 11 is 0.